The number of primary amides is 1. The summed E-state index contributed by atoms with van der Waals surface area (Å²) in [4.78, 5) is 10.7. The SMILES string of the molecule is CC(NCc1cc(F)cc(F)c1)C(N)=O. The van der Waals surface area contributed by atoms with Crippen LogP contribution in [0.25, 0.3) is 0 Å². The van der Waals surface area contributed by atoms with Gasteiger partial charge in [0.25, 0.3) is 0 Å². The van der Waals surface area contributed by atoms with Crippen LogP contribution in [0.2, 0.25) is 0 Å². The van der Waals surface area contributed by atoms with Crippen LogP contribution >= 0.6 is 0 Å². The highest BCUT2D eigenvalue weighted by Gasteiger charge is 2.07. The Bertz CT molecular complexity index is 348. The maximum Gasteiger partial charge on any atom is 0.234 e. The minimum atomic E-state index is -0.640. The van der Waals surface area contributed by atoms with E-state index in [2.05, 4.69) is 5.32 Å². The fourth-order valence-corrected chi connectivity index (χ4v) is 1.08. The first-order chi connectivity index (χ1) is 6.99. The van der Waals surface area contributed by atoms with Gasteiger partial charge in [0.05, 0.1) is 6.04 Å². The fourth-order valence-electron chi connectivity index (χ4n) is 1.08. The number of hydrogen-bond acceptors (Lipinski definition) is 2. The van der Waals surface area contributed by atoms with Gasteiger partial charge in [-0.25, -0.2) is 8.78 Å². The van der Waals surface area contributed by atoms with Crippen molar-refractivity contribution in [1.29, 1.82) is 0 Å². The summed E-state index contributed by atoms with van der Waals surface area (Å²) in [6.45, 7) is 1.77. The number of nitrogens with one attached hydrogen (secondary N) is 1. The summed E-state index contributed by atoms with van der Waals surface area (Å²) in [6, 6.07) is 2.66. The molecule has 0 aliphatic rings. The lowest BCUT2D eigenvalue weighted by molar-refractivity contribution is -0.119. The van der Waals surface area contributed by atoms with Gasteiger partial charge in [0.2, 0.25) is 5.91 Å². The Kier molecular flexibility index (Phi) is 3.74. The predicted molar refractivity (Wildman–Crippen MR) is 51.9 cm³/mol. The Morgan fingerprint density at radius 1 is 1.40 bits per heavy atom. The molecule has 1 aromatic rings. The minimum Gasteiger partial charge on any atom is -0.368 e. The zero-order valence-electron chi connectivity index (χ0n) is 8.26. The van der Waals surface area contributed by atoms with Gasteiger partial charge in [-0.05, 0) is 24.6 Å². The van der Waals surface area contributed by atoms with Gasteiger partial charge in [0.1, 0.15) is 11.6 Å². The maximum atomic E-state index is 12.8. The quantitative estimate of drug-likeness (QED) is 0.783. The average molecular weight is 214 g/mol. The molecule has 0 aliphatic heterocycles. The summed E-state index contributed by atoms with van der Waals surface area (Å²) in [5.74, 6) is -1.79. The Morgan fingerprint density at radius 2 is 1.93 bits per heavy atom. The van der Waals surface area contributed by atoms with Gasteiger partial charge in [-0.15, -0.1) is 0 Å². The first-order valence-corrected chi connectivity index (χ1v) is 4.46. The number of carbonyl (C=O) groups excluding carboxylic acids is 1. The zero-order chi connectivity index (χ0) is 11.4. The number of carbonyl (C=O) groups is 1. The zero-order valence-corrected chi connectivity index (χ0v) is 8.26. The van der Waals surface area contributed by atoms with Crippen molar-refractivity contribution >= 4 is 5.91 Å². The van der Waals surface area contributed by atoms with Crippen molar-refractivity contribution in [3.8, 4) is 0 Å². The van der Waals surface area contributed by atoms with Crippen LogP contribution in [0.15, 0.2) is 18.2 Å². The number of rotatable bonds is 4. The predicted octanol–water partition coefficient (Wildman–Crippen LogP) is 0.928. The van der Waals surface area contributed by atoms with E-state index < -0.39 is 23.6 Å². The molecule has 5 heteroatoms. The van der Waals surface area contributed by atoms with E-state index in [0.29, 0.717) is 5.56 Å². The Morgan fingerprint density at radius 3 is 2.40 bits per heavy atom. The van der Waals surface area contributed by atoms with Gasteiger partial charge in [-0.2, -0.15) is 0 Å². The molecular weight excluding hydrogens is 202 g/mol. The molecule has 1 atom stereocenters. The van der Waals surface area contributed by atoms with Crippen LogP contribution in [0.1, 0.15) is 12.5 Å². The normalized spacial score (nSPS) is 12.5. The van der Waals surface area contributed by atoms with Crippen molar-refractivity contribution in [1.82, 2.24) is 5.32 Å². The van der Waals surface area contributed by atoms with Gasteiger partial charge >= 0.3 is 0 Å². The third-order valence-electron chi connectivity index (χ3n) is 1.96. The van der Waals surface area contributed by atoms with Gasteiger partial charge in [-0.1, -0.05) is 0 Å². The number of halogens is 2. The van der Waals surface area contributed by atoms with E-state index in [1.54, 1.807) is 6.92 Å². The molecule has 1 unspecified atom stereocenters. The standard InChI is InChI=1S/C10H12F2N2O/c1-6(10(13)15)14-5-7-2-8(11)4-9(12)3-7/h2-4,6,14H,5H2,1H3,(H2,13,15). The van der Waals surface area contributed by atoms with Crippen LogP contribution in [-0.4, -0.2) is 11.9 Å². The number of hydrogen-bond donors (Lipinski definition) is 2. The maximum absolute atomic E-state index is 12.8. The second-order valence-electron chi connectivity index (χ2n) is 3.28. The highest BCUT2D eigenvalue weighted by atomic mass is 19.1. The summed E-state index contributed by atoms with van der Waals surface area (Å²) in [6.07, 6.45) is 0. The highest BCUT2D eigenvalue weighted by molar-refractivity contribution is 5.79. The molecule has 0 bridgehead atoms. The third kappa shape index (κ3) is 3.63. The lowest BCUT2D eigenvalue weighted by Crippen LogP contribution is -2.38. The molecule has 15 heavy (non-hydrogen) atoms. The van der Waals surface area contributed by atoms with Crippen molar-refractivity contribution in [2.75, 3.05) is 0 Å². The van der Waals surface area contributed by atoms with Crippen LogP contribution in [-0.2, 0) is 11.3 Å². The van der Waals surface area contributed by atoms with Gasteiger partial charge < -0.3 is 11.1 Å². The van der Waals surface area contributed by atoms with Crippen LogP contribution in [0, 0.1) is 11.6 Å². The van der Waals surface area contributed by atoms with Crippen LogP contribution in [0.5, 0.6) is 0 Å². The van der Waals surface area contributed by atoms with Crippen molar-refractivity contribution in [3.63, 3.8) is 0 Å². The topological polar surface area (TPSA) is 55.1 Å². The minimum absolute atomic E-state index is 0.193. The summed E-state index contributed by atoms with van der Waals surface area (Å²) in [7, 11) is 0. The number of nitrogens with two attached hydrogens (primary N) is 1. The van der Waals surface area contributed by atoms with Gasteiger partial charge in [-0.3, -0.25) is 4.79 Å². The molecule has 3 N–H and O–H groups in total. The molecule has 1 rings (SSSR count). The van der Waals surface area contributed by atoms with E-state index in [1.807, 2.05) is 0 Å². The van der Waals surface area contributed by atoms with Crippen LogP contribution < -0.4 is 11.1 Å². The molecule has 1 amide bonds. The summed E-state index contributed by atoms with van der Waals surface area (Å²) in [5, 5.41) is 2.74. The average Bonchev–Trinajstić information content (AvgIpc) is 2.12. The molecule has 1 aromatic carbocycles. The summed E-state index contributed by atoms with van der Waals surface area (Å²) < 4.78 is 25.5. The molecule has 0 radical (unpaired) electrons. The molecule has 0 fully saturated rings. The van der Waals surface area contributed by atoms with E-state index in [1.165, 1.54) is 12.1 Å². The molecule has 0 aliphatic carbocycles. The van der Waals surface area contributed by atoms with E-state index in [-0.39, 0.29) is 6.54 Å². The first kappa shape index (κ1) is 11.6. The lowest BCUT2D eigenvalue weighted by atomic mass is 10.2. The fraction of sp³-hybridized carbons (Fsp3) is 0.300. The van der Waals surface area contributed by atoms with Crippen molar-refractivity contribution in [2.24, 2.45) is 5.73 Å². The van der Waals surface area contributed by atoms with E-state index >= 15 is 0 Å². The smallest absolute Gasteiger partial charge is 0.234 e. The summed E-state index contributed by atoms with van der Waals surface area (Å²) >= 11 is 0. The monoisotopic (exact) mass is 214 g/mol. The summed E-state index contributed by atoms with van der Waals surface area (Å²) in [5.41, 5.74) is 5.44. The number of amides is 1. The second-order valence-corrected chi connectivity index (χ2v) is 3.28. The largest absolute Gasteiger partial charge is 0.368 e. The number of benzene rings is 1. The van der Waals surface area contributed by atoms with Crippen LogP contribution in [0.3, 0.4) is 0 Å². The molecule has 0 saturated heterocycles. The second kappa shape index (κ2) is 4.84. The van der Waals surface area contributed by atoms with E-state index in [9.17, 15) is 13.6 Å². The van der Waals surface area contributed by atoms with E-state index in [4.69, 9.17) is 5.73 Å². The van der Waals surface area contributed by atoms with Crippen LogP contribution in [0.4, 0.5) is 8.78 Å². The molecular formula is C10H12F2N2O. The van der Waals surface area contributed by atoms with Crippen molar-refractivity contribution in [3.05, 3.63) is 35.4 Å². The third-order valence-corrected chi connectivity index (χ3v) is 1.96. The van der Waals surface area contributed by atoms with Gasteiger partial charge in [0, 0.05) is 12.6 Å². The Balaban J connectivity index is 2.61. The lowest BCUT2D eigenvalue weighted by Gasteiger charge is -2.09. The van der Waals surface area contributed by atoms with Crippen molar-refractivity contribution < 1.29 is 13.6 Å². The Labute approximate surface area is 86.3 Å². The molecule has 0 spiro atoms. The molecule has 3 nitrogen and oxygen atoms in total. The molecule has 0 saturated carbocycles. The Hall–Kier alpha value is -1.49. The van der Waals surface area contributed by atoms with Gasteiger partial charge in [0.15, 0.2) is 0 Å². The molecule has 0 heterocycles. The van der Waals surface area contributed by atoms with Crippen molar-refractivity contribution in [2.45, 2.75) is 19.5 Å². The molecule has 82 valence electrons. The highest BCUT2D eigenvalue weighted by Crippen LogP contribution is 2.07. The first-order valence-electron chi connectivity index (χ1n) is 4.46. The molecule has 0 aromatic heterocycles. The van der Waals surface area contributed by atoms with E-state index in [0.717, 1.165) is 6.07 Å².